The number of Topliss-reactive ketones (excluding diaryl/α,β-unsaturated/α-hetero) is 1. The van der Waals surface area contributed by atoms with Gasteiger partial charge >= 0.3 is 5.97 Å². The molecule has 0 aliphatic carbocycles. The summed E-state index contributed by atoms with van der Waals surface area (Å²) in [6, 6.07) is 20.9. The minimum absolute atomic E-state index is 0.237. The van der Waals surface area contributed by atoms with E-state index in [-0.39, 0.29) is 5.78 Å². The Morgan fingerprint density at radius 3 is 2.12 bits per heavy atom. The zero-order valence-electron chi connectivity index (χ0n) is 19.0. The molecule has 1 heterocycles. The summed E-state index contributed by atoms with van der Waals surface area (Å²) in [5, 5.41) is 0.678. The number of ether oxygens (including phenoxy) is 1. The standard InChI is InChI=1S/C28H24BrNO3/c1-16-5-9-20(10-6-16)26-18(3)25(23-15-22(29)13-14-24(23)30-26)28(32)33-19(4)27(31)21-11-7-17(2)8-12-21/h5-15,19H,1-4H3. The SMILES string of the molecule is Cc1ccc(C(=O)C(C)OC(=O)c2c(C)c(-c3ccc(C)cc3)nc3ccc(Br)cc23)cc1. The monoisotopic (exact) mass is 501 g/mol. The molecule has 0 aliphatic rings. The molecule has 3 aromatic carbocycles. The molecule has 0 amide bonds. The fourth-order valence-corrected chi connectivity index (χ4v) is 4.17. The summed E-state index contributed by atoms with van der Waals surface area (Å²) in [5.74, 6) is -0.779. The Labute approximate surface area is 201 Å². The van der Waals surface area contributed by atoms with Crippen molar-refractivity contribution in [2.24, 2.45) is 0 Å². The van der Waals surface area contributed by atoms with Gasteiger partial charge in [0.1, 0.15) is 0 Å². The summed E-state index contributed by atoms with van der Waals surface area (Å²) >= 11 is 3.49. The van der Waals surface area contributed by atoms with Gasteiger partial charge in [-0.25, -0.2) is 9.78 Å². The summed E-state index contributed by atoms with van der Waals surface area (Å²) in [4.78, 5) is 31.1. The van der Waals surface area contributed by atoms with Gasteiger partial charge in [-0.3, -0.25) is 4.79 Å². The van der Waals surface area contributed by atoms with Gasteiger partial charge in [0, 0.05) is 21.0 Å². The number of nitrogens with zero attached hydrogens (tertiary/aromatic N) is 1. The van der Waals surface area contributed by atoms with Crippen LogP contribution in [0.15, 0.2) is 71.2 Å². The molecule has 1 aromatic heterocycles. The zero-order valence-corrected chi connectivity index (χ0v) is 20.6. The highest BCUT2D eigenvalue weighted by molar-refractivity contribution is 9.10. The zero-order chi connectivity index (χ0) is 23.7. The normalized spacial score (nSPS) is 11.9. The number of pyridine rings is 1. The maximum atomic E-state index is 13.4. The first-order valence-electron chi connectivity index (χ1n) is 10.7. The van der Waals surface area contributed by atoms with Crippen molar-refractivity contribution in [2.45, 2.75) is 33.8 Å². The Morgan fingerprint density at radius 1 is 0.879 bits per heavy atom. The predicted octanol–water partition coefficient (Wildman–Crippen LogP) is 7.02. The van der Waals surface area contributed by atoms with E-state index in [0.29, 0.717) is 33.3 Å². The third kappa shape index (κ3) is 4.74. The van der Waals surface area contributed by atoms with Crippen LogP contribution in [0.2, 0.25) is 0 Å². The summed E-state index contributed by atoms with van der Waals surface area (Å²) in [6.45, 7) is 7.46. The van der Waals surface area contributed by atoms with Crippen LogP contribution in [-0.4, -0.2) is 22.8 Å². The number of aromatic nitrogens is 1. The molecule has 0 bridgehead atoms. The number of hydrogen-bond acceptors (Lipinski definition) is 4. The molecular weight excluding hydrogens is 478 g/mol. The molecule has 33 heavy (non-hydrogen) atoms. The van der Waals surface area contributed by atoms with Gasteiger partial charge in [0.05, 0.1) is 16.8 Å². The summed E-state index contributed by atoms with van der Waals surface area (Å²) < 4.78 is 6.52. The van der Waals surface area contributed by atoms with Gasteiger partial charge in [0.2, 0.25) is 5.78 Å². The summed E-state index contributed by atoms with van der Waals surface area (Å²) in [7, 11) is 0. The largest absolute Gasteiger partial charge is 0.451 e. The number of carbonyl (C=O) groups is 2. The molecule has 166 valence electrons. The van der Waals surface area contributed by atoms with E-state index < -0.39 is 12.1 Å². The van der Waals surface area contributed by atoms with E-state index in [0.717, 1.165) is 21.2 Å². The van der Waals surface area contributed by atoms with Crippen molar-refractivity contribution >= 4 is 38.6 Å². The fraction of sp³-hybridized carbons (Fsp3) is 0.179. The molecule has 0 fully saturated rings. The van der Waals surface area contributed by atoms with E-state index in [4.69, 9.17) is 9.72 Å². The van der Waals surface area contributed by atoms with E-state index in [1.54, 1.807) is 19.1 Å². The van der Waals surface area contributed by atoms with E-state index >= 15 is 0 Å². The van der Waals surface area contributed by atoms with Crippen molar-refractivity contribution in [3.05, 3.63) is 99.0 Å². The molecule has 0 aliphatic heterocycles. The lowest BCUT2D eigenvalue weighted by Crippen LogP contribution is -2.25. The van der Waals surface area contributed by atoms with Crippen LogP contribution in [-0.2, 0) is 4.74 Å². The first-order chi connectivity index (χ1) is 15.7. The Bertz CT molecular complexity index is 1360. The van der Waals surface area contributed by atoms with Crippen molar-refractivity contribution in [3.63, 3.8) is 0 Å². The van der Waals surface area contributed by atoms with Crippen LogP contribution in [0, 0.1) is 20.8 Å². The molecule has 0 saturated carbocycles. The van der Waals surface area contributed by atoms with E-state index in [1.807, 2.05) is 75.4 Å². The van der Waals surface area contributed by atoms with Crippen LogP contribution in [0.3, 0.4) is 0 Å². The first-order valence-corrected chi connectivity index (χ1v) is 11.5. The van der Waals surface area contributed by atoms with Gasteiger partial charge in [0.15, 0.2) is 6.10 Å². The van der Waals surface area contributed by atoms with Gasteiger partial charge in [-0.05, 0) is 51.5 Å². The second kappa shape index (κ2) is 9.28. The number of aryl methyl sites for hydroxylation is 2. The van der Waals surface area contributed by atoms with Crippen LogP contribution in [0.5, 0.6) is 0 Å². The summed E-state index contributed by atoms with van der Waals surface area (Å²) in [5.41, 5.74) is 6.16. The molecule has 4 nitrogen and oxygen atoms in total. The molecular formula is C28H24BrNO3. The molecule has 5 heteroatoms. The van der Waals surface area contributed by atoms with Gasteiger partial charge in [-0.1, -0.05) is 75.6 Å². The average molecular weight is 502 g/mol. The highest BCUT2D eigenvalue weighted by Crippen LogP contribution is 2.32. The maximum Gasteiger partial charge on any atom is 0.339 e. The number of ketones is 1. The number of hydrogen-bond donors (Lipinski definition) is 0. The quantitative estimate of drug-likeness (QED) is 0.218. The van der Waals surface area contributed by atoms with Gasteiger partial charge < -0.3 is 4.74 Å². The van der Waals surface area contributed by atoms with Crippen LogP contribution in [0.25, 0.3) is 22.2 Å². The first kappa shape index (κ1) is 22.9. The molecule has 1 unspecified atom stereocenters. The van der Waals surface area contributed by atoms with E-state index in [1.165, 1.54) is 0 Å². The minimum atomic E-state index is -0.919. The number of carbonyl (C=O) groups excluding carboxylic acids is 2. The number of esters is 1. The average Bonchev–Trinajstić information content (AvgIpc) is 2.79. The van der Waals surface area contributed by atoms with E-state index in [9.17, 15) is 9.59 Å². The molecule has 0 saturated heterocycles. The molecule has 4 rings (SSSR count). The number of fused-ring (bicyclic) bond motifs is 1. The number of benzene rings is 3. The highest BCUT2D eigenvalue weighted by Gasteiger charge is 2.25. The molecule has 1 atom stereocenters. The smallest absolute Gasteiger partial charge is 0.339 e. The van der Waals surface area contributed by atoms with Gasteiger partial charge in [0.25, 0.3) is 0 Å². The van der Waals surface area contributed by atoms with Crippen LogP contribution in [0.4, 0.5) is 0 Å². The molecule has 0 radical (unpaired) electrons. The van der Waals surface area contributed by atoms with Gasteiger partial charge in [-0.15, -0.1) is 0 Å². The minimum Gasteiger partial charge on any atom is -0.451 e. The Balaban J connectivity index is 1.76. The predicted molar refractivity (Wildman–Crippen MR) is 135 cm³/mol. The Hall–Kier alpha value is -3.31. The number of halogens is 1. The molecule has 0 spiro atoms. The molecule has 4 aromatic rings. The van der Waals surface area contributed by atoms with E-state index in [2.05, 4.69) is 15.9 Å². The van der Waals surface area contributed by atoms with Crippen molar-refractivity contribution in [1.82, 2.24) is 4.98 Å². The lowest BCUT2D eigenvalue weighted by atomic mass is 9.97. The maximum absolute atomic E-state index is 13.4. The van der Waals surface area contributed by atoms with Crippen LogP contribution >= 0.6 is 15.9 Å². The third-order valence-corrected chi connectivity index (χ3v) is 6.20. The topological polar surface area (TPSA) is 56.3 Å². The Kier molecular flexibility index (Phi) is 6.43. The fourth-order valence-electron chi connectivity index (χ4n) is 3.81. The second-order valence-corrected chi connectivity index (χ2v) is 9.18. The van der Waals surface area contributed by atoms with Crippen molar-refractivity contribution < 1.29 is 14.3 Å². The van der Waals surface area contributed by atoms with Crippen molar-refractivity contribution in [2.75, 3.05) is 0 Å². The van der Waals surface area contributed by atoms with Crippen molar-refractivity contribution in [1.29, 1.82) is 0 Å². The van der Waals surface area contributed by atoms with Crippen LogP contribution < -0.4 is 0 Å². The van der Waals surface area contributed by atoms with Crippen molar-refractivity contribution in [3.8, 4) is 11.3 Å². The highest BCUT2D eigenvalue weighted by atomic mass is 79.9. The van der Waals surface area contributed by atoms with Gasteiger partial charge in [-0.2, -0.15) is 0 Å². The second-order valence-electron chi connectivity index (χ2n) is 8.27. The van der Waals surface area contributed by atoms with Crippen LogP contribution in [0.1, 0.15) is 44.3 Å². The Morgan fingerprint density at radius 2 is 1.48 bits per heavy atom. The lowest BCUT2D eigenvalue weighted by molar-refractivity contribution is 0.0320. The summed E-state index contributed by atoms with van der Waals surface area (Å²) in [6.07, 6.45) is -0.919. The lowest BCUT2D eigenvalue weighted by Gasteiger charge is -2.17. The number of rotatable bonds is 5. The third-order valence-electron chi connectivity index (χ3n) is 5.71. The molecule has 0 N–H and O–H groups in total.